The Balaban J connectivity index is 1.57. The Bertz CT molecular complexity index is 1150. The fraction of sp³-hybridized carbons (Fsp3) is 0.217. The van der Waals surface area contributed by atoms with Gasteiger partial charge in [0.15, 0.2) is 11.1 Å². The van der Waals surface area contributed by atoms with Crippen molar-refractivity contribution < 1.29 is 8.39 Å². The van der Waals surface area contributed by atoms with Crippen molar-refractivity contribution in [2.45, 2.75) is 30.6 Å². The maximum absolute atomic E-state index is 11.9. The molecule has 1 unspecified atom stereocenters. The van der Waals surface area contributed by atoms with E-state index in [1.165, 1.54) is 44.5 Å². The maximum Gasteiger partial charge on any atom is 0.160 e. The number of benzene rings is 3. The topological polar surface area (TPSA) is 26.3 Å². The number of hydrogen-bond donors (Lipinski definition) is 0. The summed E-state index contributed by atoms with van der Waals surface area (Å²) >= 11 is 6.18. The van der Waals surface area contributed by atoms with Crippen molar-refractivity contribution in [1.82, 2.24) is 0 Å². The summed E-state index contributed by atoms with van der Waals surface area (Å²) in [6, 6.07) is 17.9. The van der Waals surface area contributed by atoms with Crippen molar-refractivity contribution in [3.05, 3.63) is 90.9 Å². The minimum Gasteiger partial charge on any atom is -0.285 e. The average Bonchev–Trinajstić information content (AvgIpc) is 3.16. The van der Waals surface area contributed by atoms with Crippen LogP contribution in [0, 0.1) is 0 Å². The van der Waals surface area contributed by atoms with Gasteiger partial charge in [0, 0.05) is 14.4 Å². The molecule has 0 aromatic heterocycles. The van der Waals surface area contributed by atoms with Crippen LogP contribution in [0.1, 0.15) is 33.4 Å². The van der Waals surface area contributed by atoms with Crippen LogP contribution in [-0.4, -0.2) is 4.21 Å². The Morgan fingerprint density at radius 3 is 1.96 bits per heavy atom. The van der Waals surface area contributed by atoms with E-state index in [2.05, 4.69) is 80.4 Å². The lowest BCUT2D eigenvalue weighted by atomic mass is 9.75. The van der Waals surface area contributed by atoms with Crippen LogP contribution in [0.15, 0.2) is 57.5 Å². The van der Waals surface area contributed by atoms with Gasteiger partial charge in [-0.15, -0.1) is 0 Å². The van der Waals surface area contributed by atoms with Gasteiger partial charge < -0.3 is 0 Å². The molecule has 3 aromatic carbocycles. The summed E-state index contributed by atoms with van der Waals surface area (Å²) in [4.78, 5) is 0. The molecule has 6 rings (SSSR count). The summed E-state index contributed by atoms with van der Waals surface area (Å²) in [5.74, 6) is 0.500. The van der Waals surface area contributed by atoms with Gasteiger partial charge in [-0.1, -0.05) is 56.1 Å². The predicted molar refractivity (Wildman–Crippen MR) is 119 cm³/mol. The Labute approximate surface area is 183 Å². The van der Waals surface area contributed by atoms with E-state index in [0.717, 1.165) is 21.8 Å². The zero-order valence-corrected chi connectivity index (χ0v) is 18.9. The molecule has 0 saturated heterocycles. The smallest absolute Gasteiger partial charge is 0.160 e. The summed E-state index contributed by atoms with van der Waals surface area (Å²) < 4.78 is 19.5. The van der Waals surface area contributed by atoms with Crippen LogP contribution in [0.3, 0.4) is 0 Å². The third kappa shape index (κ3) is 2.43. The molecule has 1 aliphatic heterocycles. The summed E-state index contributed by atoms with van der Waals surface area (Å²) in [5, 5.41) is 0. The Kier molecular flexibility index (Phi) is 3.84. The van der Waals surface area contributed by atoms with E-state index >= 15 is 0 Å². The van der Waals surface area contributed by atoms with Crippen molar-refractivity contribution in [2.24, 2.45) is 0 Å². The molecule has 2 nitrogen and oxygen atoms in total. The summed E-state index contributed by atoms with van der Waals surface area (Å²) in [7, 11) is 0. The van der Waals surface area contributed by atoms with Crippen molar-refractivity contribution in [2.75, 3.05) is 0 Å². The van der Waals surface area contributed by atoms with Crippen LogP contribution in [0.25, 0.3) is 11.1 Å². The first kappa shape index (κ1) is 17.6. The summed E-state index contributed by atoms with van der Waals surface area (Å²) in [6.45, 7) is 0.451. The highest BCUT2D eigenvalue weighted by Crippen LogP contribution is 2.56. The van der Waals surface area contributed by atoms with Crippen molar-refractivity contribution >= 4 is 42.9 Å². The highest BCUT2D eigenvalue weighted by molar-refractivity contribution is 9.10. The normalized spacial score (nSPS) is 20.6. The zero-order chi connectivity index (χ0) is 19.0. The van der Waals surface area contributed by atoms with Crippen molar-refractivity contribution in [3.63, 3.8) is 0 Å². The summed E-state index contributed by atoms with van der Waals surface area (Å²) in [5.41, 5.74) is 10.6. The molecule has 0 bridgehead atoms. The van der Waals surface area contributed by atoms with Gasteiger partial charge in [-0.2, -0.15) is 0 Å². The highest BCUT2D eigenvalue weighted by Gasteiger charge is 2.47. The van der Waals surface area contributed by atoms with Crippen LogP contribution >= 0.6 is 31.9 Å². The second kappa shape index (κ2) is 6.11. The van der Waals surface area contributed by atoms with Gasteiger partial charge in [-0.25, -0.2) is 4.21 Å². The minimum atomic E-state index is -1.20. The first-order valence-corrected chi connectivity index (χ1v) is 12.1. The second-order valence-corrected chi connectivity index (χ2v) is 10.9. The van der Waals surface area contributed by atoms with Crippen LogP contribution in [0.4, 0.5) is 0 Å². The van der Waals surface area contributed by atoms with E-state index in [0.29, 0.717) is 12.4 Å². The third-order valence-corrected chi connectivity index (χ3v) is 8.32. The number of fused-ring (bicyclic) bond motifs is 7. The third-order valence-electron chi connectivity index (χ3n) is 6.41. The van der Waals surface area contributed by atoms with Gasteiger partial charge >= 0.3 is 0 Å². The monoisotopic (exact) mass is 514 g/mol. The largest absolute Gasteiger partial charge is 0.285 e. The lowest BCUT2D eigenvalue weighted by Gasteiger charge is -2.27. The second-order valence-electron chi connectivity index (χ2n) is 7.92. The minimum absolute atomic E-state index is 0.0372. The van der Waals surface area contributed by atoms with Crippen LogP contribution in [0.5, 0.6) is 0 Å². The SMILES string of the molecule is O=S1Cc2cc3c(cc2CO1)CC1(C3)c2cc(Br)ccc2-c2ccc(Br)cc21. The van der Waals surface area contributed by atoms with E-state index in [1.54, 1.807) is 0 Å². The predicted octanol–water partition coefficient (Wildman–Crippen LogP) is 5.97. The number of hydrogen-bond acceptors (Lipinski definition) is 2. The molecule has 28 heavy (non-hydrogen) atoms. The average molecular weight is 516 g/mol. The first-order valence-electron chi connectivity index (χ1n) is 9.29. The molecule has 140 valence electrons. The molecule has 5 heteroatoms. The van der Waals surface area contributed by atoms with Crippen molar-refractivity contribution in [3.8, 4) is 11.1 Å². The van der Waals surface area contributed by atoms with Crippen molar-refractivity contribution in [1.29, 1.82) is 0 Å². The lowest BCUT2D eigenvalue weighted by Crippen LogP contribution is -2.25. The van der Waals surface area contributed by atoms with Crippen LogP contribution in [0.2, 0.25) is 0 Å². The molecule has 1 spiro atoms. The standard InChI is InChI=1S/C23H16Br2O2S/c24-17-1-3-19-20-4-2-18(25)8-22(20)23(21(19)7-17)9-13-5-15-11-27-28(26)12-16(15)6-14(13)10-23/h1-8H,9-12H2. The van der Waals surface area contributed by atoms with Crippen LogP contribution < -0.4 is 0 Å². The molecule has 0 radical (unpaired) electrons. The molecule has 1 atom stereocenters. The Morgan fingerprint density at radius 2 is 1.36 bits per heavy atom. The molecule has 0 N–H and O–H groups in total. The molecular formula is C23H16Br2O2S. The van der Waals surface area contributed by atoms with Gasteiger partial charge in [0.1, 0.15) is 0 Å². The van der Waals surface area contributed by atoms with E-state index in [9.17, 15) is 4.21 Å². The molecule has 0 saturated carbocycles. The highest BCUT2D eigenvalue weighted by atomic mass is 79.9. The van der Waals surface area contributed by atoms with E-state index in [1.807, 2.05) is 0 Å². The quantitative estimate of drug-likeness (QED) is 0.368. The number of rotatable bonds is 0. The van der Waals surface area contributed by atoms with E-state index in [-0.39, 0.29) is 5.41 Å². The van der Waals surface area contributed by atoms with E-state index in [4.69, 9.17) is 4.18 Å². The first-order chi connectivity index (χ1) is 13.5. The summed E-state index contributed by atoms with van der Waals surface area (Å²) in [6.07, 6.45) is 1.97. The van der Waals surface area contributed by atoms with Gasteiger partial charge in [0.25, 0.3) is 0 Å². The molecule has 1 heterocycles. The number of halogens is 2. The maximum atomic E-state index is 11.9. The van der Waals surface area contributed by atoms with Crippen LogP contribution in [-0.2, 0) is 45.9 Å². The molecule has 0 amide bonds. The van der Waals surface area contributed by atoms with Gasteiger partial charge in [0.2, 0.25) is 0 Å². The fourth-order valence-electron chi connectivity index (χ4n) is 5.22. The Hall–Kier alpha value is -1.27. The van der Waals surface area contributed by atoms with Gasteiger partial charge in [-0.05, 0) is 81.6 Å². The zero-order valence-electron chi connectivity index (χ0n) is 14.9. The van der Waals surface area contributed by atoms with Gasteiger partial charge in [0.05, 0.1) is 12.4 Å². The molecular weight excluding hydrogens is 500 g/mol. The van der Waals surface area contributed by atoms with E-state index < -0.39 is 11.1 Å². The lowest BCUT2D eigenvalue weighted by molar-refractivity contribution is 0.327. The molecule has 2 aliphatic carbocycles. The fourth-order valence-corrected chi connectivity index (χ4v) is 6.81. The molecule has 0 fully saturated rings. The molecule has 3 aromatic rings. The Morgan fingerprint density at radius 1 is 0.786 bits per heavy atom. The van der Waals surface area contributed by atoms with Gasteiger partial charge in [-0.3, -0.25) is 4.18 Å². The molecule has 3 aliphatic rings.